The van der Waals surface area contributed by atoms with Crippen LogP contribution in [0.15, 0.2) is 67.0 Å². The molecular weight excluding hydrogens is 326 g/mol. The van der Waals surface area contributed by atoms with Crippen LogP contribution in [-0.2, 0) is 4.79 Å². The lowest BCUT2D eigenvalue weighted by Gasteiger charge is -2.12. The molecule has 0 saturated carbocycles. The second-order valence-corrected chi connectivity index (χ2v) is 5.75. The molecule has 0 saturated heterocycles. The number of rotatable bonds is 5. The van der Waals surface area contributed by atoms with E-state index in [4.69, 9.17) is 11.6 Å². The zero-order valence-electron chi connectivity index (χ0n) is 12.8. The molecule has 0 radical (unpaired) electrons. The van der Waals surface area contributed by atoms with E-state index in [1.54, 1.807) is 47.3 Å². The Hall–Kier alpha value is -2.63. The summed E-state index contributed by atoms with van der Waals surface area (Å²) >= 11 is 5.81. The lowest BCUT2D eigenvalue weighted by molar-refractivity contribution is -0.118. The average molecular weight is 342 g/mol. The fourth-order valence-corrected chi connectivity index (χ4v) is 2.44. The molecule has 0 fully saturated rings. The maximum Gasteiger partial charge on any atom is 0.227 e. The molecule has 1 atom stereocenters. The van der Waals surface area contributed by atoms with Gasteiger partial charge in [0.25, 0.3) is 0 Å². The van der Waals surface area contributed by atoms with E-state index >= 15 is 0 Å². The Morgan fingerprint density at radius 3 is 2.50 bits per heavy atom. The summed E-state index contributed by atoms with van der Waals surface area (Å²) < 4.78 is 1.73. The second-order valence-electron chi connectivity index (χ2n) is 5.32. The molecule has 1 unspecified atom stereocenters. The lowest BCUT2D eigenvalue weighted by Crippen LogP contribution is -2.15. The normalized spacial score (nSPS) is 11.9. The van der Waals surface area contributed by atoms with E-state index in [-0.39, 0.29) is 12.3 Å². The second kappa shape index (κ2) is 7.29. The van der Waals surface area contributed by atoms with E-state index in [1.807, 2.05) is 24.4 Å². The van der Waals surface area contributed by atoms with Crippen LogP contribution in [0, 0.1) is 0 Å². The smallest absolute Gasteiger partial charge is 0.227 e. The quantitative estimate of drug-likeness (QED) is 0.745. The van der Waals surface area contributed by atoms with Gasteiger partial charge in [-0.3, -0.25) is 4.79 Å². The van der Waals surface area contributed by atoms with Gasteiger partial charge >= 0.3 is 0 Å². The third-order valence-electron chi connectivity index (χ3n) is 3.55. The van der Waals surface area contributed by atoms with Crippen molar-refractivity contribution in [2.45, 2.75) is 12.5 Å². The summed E-state index contributed by atoms with van der Waals surface area (Å²) in [5.41, 5.74) is 2.22. The van der Waals surface area contributed by atoms with E-state index in [0.717, 1.165) is 5.69 Å². The van der Waals surface area contributed by atoms with Crippen LogP contribution in [0.2, 0.25) is 5.02 Å². The number of aromatic nitrogens is 2. The van der Waals surface area contributed by atoms with Crippen molar-refractivity contribution >= 4 is 23.2 Å². The minimum Gasteiger partial charge on any atom is -0.388 e. The molecule has 5 nitrogen and oxygen atoms in total. The molecule has 0 aliphatic carbocycles. The van der Waals surface area contributed by atoms with Gasteiger partial charge in [-0.15, -0.1) is 0 Å². The van der Waals surface area contributed by atoms with E-state index in [0.29, 0.717) is 16.3 Å². The number of hydrogen-bond donors (Lipinski definition) is 2. The first-order valence-electron chi connectivity index (χ1n) is 7.45. The summed E-state index contributed by atoms with van der Waals surface area (Å²) in [5.74, 6) is -0.260. The zero-order chi connectivity index (χ0) is 16.9. The Morgan fingerprint density at radius 2 is 1.88 bits per heavy atom. The molecule has 3 rings (SSSR count). The highest BCUT2D eigenvalue weighted by atomic mass is 35.5. The van der Waals surface area contributed by atoms with Crippen LogP contribution in [0.5, 0.6) is 0 Å². The maximum atomic E-state index is 12.1. The van der Waals surface area contributed by atoms with Crippen molar-refractivity contribution in [2.75, 3.05) is 5.32 Å². The number of benzene rings is 2. The zero-order valence-corrected chi connectivity index (χ0v) is 13.5. The van der Waals surface area contributed by atoms with Gasteiger partial charge in [-0.2, -0.15) is 5.10 Å². The third kappa shape index (κ3) is 4.01. The van der Waals surface area contributed by atoms with Crippen LogP contribution in [0.25, 0.3) is 5.69 Å². The van der Waals surface area contributed by atoms with Gasteiger partial charge < -0.3 is 10.4 Å². The third-order valence-corrected chi connectivity index (χ3v) is 3.81. The highest BCUT2D eigenvalue weighted by Gasteiger charge is 2.13. The molecule has 0 aliphatic heterocycles. The summed E-state index contributed by atoms with van der Waals surface area (Å²) in [7, 11) is 0. The van der Waals surface area contributed by atoms with Crippen LogP contribution in [0.1, 0.15) is 18.1 Å². The number of anilines is 1. The highest BCUT2D eigenvalue weighted by Crippen LogP contribution is 2.20. The number of carbonyl (C=O) groups is 1. The molecule has 0 bridgehead atoms. The van der Waals surface area contributed by atoms with Crippen LogP contribution >= 0.6 is 11.6 Å². The number of hydrogen-bond acceptors (Lipinski definition) is 3. The molecule has 2 N–H and O–H groups in total. The first-order chi connectivity index (χ1) is 11.6. The molecular formula is C18H16ClN3O2. The number of aliphatic hydroxyl groups excluding tert-OH is 1. The van der Waals surface area contributed by atoms with Crippen LogP contribution in [0.4, 0.5) is 5.69 Å². The van der Waals surface area contributed by atoms with Crippen LogP contribution < -0.4 is 5.32 Å². The van der Waals surface area contributed by atoms with Gasteiger partial charge in [0, 0.05) is 23.1 Å². The summed E-state index contributed by atoms with van der Waals surface area (Å²) in [6.07, 6.45) is 2.65. The van der Waals surface area contributed by atoms with Gasteiger partial charge in [0.15, 0.2) is 0 Å². The van der Waals surface area contributed by atoms with Gasteiger partial charge in [0.1, 0.15) is 0 Å². The van der Waals surface area contributed by atoms with Crippen molar-refractivity contribution in [3.05, 3.63) is 77.6 Å². The Bertz CT molecular complexity index is 799. The molecule has 3 aromatic rings. The standard InChI is InChI=1S/C18H16ClN3O2/c19-14-4-2-13(3-5-14)17(23)12-18(24)21-15-6-8-16(9-7-15)22-11-1-10-20-22/h1-11,17,23H,12H2,(H,21,24). The van der Waals surface area contributed by atoms with Crippen molar-refractivity contribution in [2.24, 2.45) is 0 Å². The Balaban J connectivity index is 1.59. The van der Waals surface area contributed by atoms with Crippen molar-refractivity contribution in [1.82, 2.24) is 9.78 Å². The largest absolute Gasteiger partial charge is 0.388 e. The Morgan fingerprint density at radius 1 is 1.17 bits per heavy atom. The lowest BCUT2D eigenvalue weighted by atomic mass is 10.1. The van der Waals surface area contributed by atoms with E-state index in [2.05, 4.69) is 10.4 Å². The molecule has 24 heavy (non-hydrogen) atoms. The predicted molar refractivity (Wildman–Crippen MR) is 93.2 cm³/mol. The number of halogens is 1. The molecule has 2 aromatic carbocycles. The number of amides is 1. The van der Waals surface area contributed by atoms with Gasteiger partial charge in [0.2, 0.25) is 5.91 Å². The van der Waals surface area contributed by atoms with E-state index in [1.165, 1.54) is 0 Å². The number of aliphatic hydroxyl groups is 1. The number of nitrogens with one attached hydrogen (secondary N) is 1. The average Bonchev–Trinajstić information content (AvgIpc) is 3.10. The SMILES string of the molecule is O=C(CC(O)c1ccc(Cl)cc1)Nc1ccc(-n2cccn2)cc1. The molecule has 6 heteroatoms. The number of nitrogens with zero attached hydrogens (tertiary/aromatic N) is 2. The first-order valence-corrected chi connectivity index (χ1v) is 7.83. The van der Waals surface area contributed by atoms with E-state index in [9.17, 15) is 9.90 Å². The topological polar surface area (TPSA) is 67.2 Å². The highest BCUT2D eigenvalue weighted by molar-refractivity contribution is 6.30. The van der Waals surface area contributed by atoms with Gasteiger partial charge in [-0.05, 0) is 48.0 Å². The molecule has 1 heterocycles. The molecule has 122 valence electrons. The molecule has 1 aromatic heterocycles. The fourth-order valence-electron chi connectivity index (χ4n) is 2.31. The van der Waals surface area contributed by atoms with Crippen LogP contribution in [-0.4, -0.2) is 20.8 Å². The van der Waals surface area contributed by atoms with E-state index < -0.39 is 6.10 Å². The summed E-state index contributed by atoms with van der Waals surface area (Å²) in [6, 6.07) is 15.9. The molecule has 0 aliphatic rings. The van der Waals surface area contributed by atoms with Gasteiger partial charge in [-0.25, -0.2) is 4.68 Å². The minimum absolute atomic E-state index is 0.0253. The van der Waals surface area contributed by atoms with Gasteiger partial charge in [-0.1, -0.05) is 23.7 Å². The maximum absolute atomic E-state index is 12.1. The Labute approximate surface area is 144 Å². The monoisotopic (exact) mass is 341 g/mol. The fraction of sp³-hybridized carbons (Fsp3) is 0.111. The van der Waals surface area contributed by atoms with Crippen molar-refractivity contribution in [3.63, 3.8) is 0 Å². The Kier molecular flexibility index (Phi) is 4.93. The summed E-state index contributed by atoms with van der Waals surface area (Å²) in [6.45, 7) is 0. The first kappa shape index (κ1) is 16.2. The van der Waals surface area contributed by atoms with Crippen LogP contribution in [0.3, 0.4) is 0 Å². The molecule has 0 spiro atoms. The number of carbonyl (C=O) groups excluding carboxylic acids is 1. The summed E-state index contributed by atoms with van der Waals surface area (Å²) in [5, 5.41) is 17.6. The van der Waals surface area contributed by atoms with Crippen molar-refractivity contribution in [1.29, 1.82) is 0 Å². The van der Waals surface area contributed by atoms with Crippen molar-refractivity contribution < 1.29 is 9.90 Å². The minimum atomic E-state index is -0.870. The van der Waals surface area contributed by atoms with Gasteiger partial charge in [0.05, 0.1) is 18.2 Å². The molecule has 1 amide bonds. The predicted octanol–water partition coefficient (Wildman–Crippen LogP) is 3.59. The van der Waals surface area contributed by atoms with Crippen molar-refractivity contribution in [3.8, 4) is 5.69 Å². The summed E-state index contributed by atoms with van der Waals surface area (Å²) in [4.78, 5) is 12.1.